The van der Waals surface area contributed by atoms with E-state index in [4.69, 9.17) is 9.57 Å². The first kappa shape index (κ1) is 20.2. The number of oxime groups is 1. The third-order valence-corrected chi connectivity index (χ3v) is 5.18. The molecule has 9 nitrogen and oxygen atoms in total. The number of carbonyl (C=O) groups excluding carboxylic acids is 2. The number of piperidine rings is 1. The number of amides is 2. The van der Waals surface area contributed by atoms with Crippen molar-refractivity contribution in [2.75, 3.05) is 18.4 Å². The number of likely N-dealkylation sites (tertiary alicyclic amines) is 1. The summed E-state index contributed by atoms with van der Waals surface area (Å²) >= 11 is 0. The highest BCUT2D eigenvalue weighted by Crippen LogP contribution is 2.35. The maximum Gasteiger partial charge on any atom is 0.410 e. The zero-order valence-electron chi connectivity index (χ0n) is 17.5. The highest BCUT2D eigenvalue weighted by Gasteiger charge is 2.45. The molecule has 1 spiro atoms. The van der Waals surface area contributed by atoms with Gasteiger partial charge in [0, 0.05) is 39.4 Å². The van der Waals surface area contributed by atoms with Gasteiger partial charge in [-0.05, 0) is 34.6 Å². The van der Waals surface area contributed by atoms with E-state index >= 15 is 0 Å². The van der Waals surface area contributed by atoms with Crippen molar-refractivity contribution in [3.63, 3.8) is 0 Å². The van der Waals surface area contributed by atoms with Gasteiger partial charge in [0.15, 0.2) is 0 Å². The van der Waals surface area contributed by atoms with Crippen molar-refractivity contribution in [2.24, 2.45) is 12.2 Å². The maximum absolute atomic E-state index is 12.6. The fourth-order valence-corrected chi connectivity index (χ4v) is 3.47. The summed E-state index contributed by atoms with van der Waals surface area (Å²) < 4.78 is 7.15. The Hall–Kier alpha value is -2.58. The first-order chi connectivity index (χ1) is 13.0. The molecule has 2 amide bonds. The highest BCUT2D eigenvalue weighted by atomic mass is 16.7. The lowest BCUT2D eigenvalue weighted by Gasteiger charge is -2.37. The van der Waals surface area contributed by atoms with E-state index in [-0.39, 0.29) is 12.0 Å². The van der Waals surface area contributed by atoms with Gasteiger partial charge in [0.2, 0.25) is 0 Å². The predicted molar refractivity (Wildman–Crippen MR) is 104 cm³/mol. The third kappa shape index (κ3) is 4.13. The second kappa shape index (κ2) is 7.10. The summed E-state index contributed by atoms with van der Waals surface area (Å²) in [6.07, 6.45) is 1.33. The van der Waals surface area contributed by atoms with Gasteiger partial charge in [0.1, 0.15) is 16.9 Å². The average Bonchev–Trinajstić information content (AvgIpc) is 3.11. The number of ether oxygens (including phenoxy) is 1. The summed E-state index contributed by atoms with van der Waals surface area (Å²) in [5.74, 6) is -0.273. The van der Waals surface area contributed by atoms with Gasteiger partial charge >= 0.3 is 6.09 Å². The molecule has 1 N–H and O–H groups in total. The summed E-state index contributed by atoms with van der Waals surface area (Å²) in [4.78, 5) is 32.2. The van der Waals surface area contributed by atoms with Crippen LogP contribution >= 0.6 is 0 Å². The fourth-order valence-electron chi connectivity index (χ4n) is 3.47. The van der Waals surface area contributed by atoms with Crippen molar-refractivity contribution < 1.29 is 19.2 Å². The number of carbonyl (C=O) groups is 2. The Morgan fingerprint density at radius 3 is 2.39 bits per heavy atom. The van der Waals surface area contributed by atoms with E-state index in [2.05, 4.69) is 15.6 Å². The molecule has 154 valence electrons. The molecule has 3 heterocycles. The SMILES string of the molecule is Cc1nn(C)c(C)c1NC(=O)C1=NOC2(CCN(C(=O)OC(C)(C)C)CC2)C1. The van der Waals surface area contributed by atoms with Crippen LogP contribution in [-0.2, 0) is 21.4 Å². The molecule has 0 aromatic carbocycles. The van der Waals surface area contributed by atoms with E-state index in [9.17, 15) is 9.59 Å². The molecule has 0 radical (unpaired) electrons. The molecule has 0 saturated carbocycles. The normalized spacial score (nSPS) is 18.6. The van der Waals surface area contributed by atoms with Gasteiger partial charge in [0.05, 0.1) is 17.1 Å². The molecule has 9 heteroatoms. The second-order valence-corrected chi connectivity index (χ2v) is 8.58. The lowest BCUT2D eigenvalue weighted by atomic mass is 9.87. The topological polar surface area (TPSA) is 98.0 Å². The van der Waals surface area contributed by atoms with Crippen molar-refractivity contribution in [1.29, 1.82) is 0 Å². The van der Waals surface area contributed by atoms with E-state index < -0.39 is 11.2 Å². The van der Waals surface area contributed by atoms with E-state index in [0.29, 0.717) is 43.8 Å². The van der Waals surface area contributed by atoms with Gasteiger partial charge in [-0.3, -0.25) is 9.48 Å². The van der Waals surface area contributed by atoms with E-state index in [1.807, 2.05) is 41.7 Å². The molecule has 1 saturated heterocycles. The van der Waals surface area contributed by atoms with Gasteiger partial charge in [0.25, 0.3) is 5.91 Å². The van der Waals surface area contributed by atoms with Crippen LogP contribution < -0.4 is 5.32 Å². The fraction of sp³-hybridized carbons (Fsp3) is 0.684. The van der Waals surface area contributed by atoms with E-state index in [0.717, 1.165) is 11.4 Å². The molecule has 2 aliphatic heterocycles. The Morgan fingerprint density at radius 1 is 1.21 bits per heavy atom. The summed E-state index contributed by atoms with van der Waals surface area (Å²) in [5, 5.41) is 11.3. The van der Waals surface area contributed by atoms with Crippen molar-refractivity contribution in [3.8, 4) is 0 Å². The summed E-state index contributed by atoms with van der Waals surface area (Å²) in [5.41, 5.74) is 1.67. The van der Waals surface area contributed by atoms with Crippen LogP contribution in [0.4, 0.5) is 10.5 Å². The molecule has 1 aromatic heterocycles. The van der Waals surface area contributed by atoms with Crippen LogP contribution in [0.1, 0.15) is 51.4 Å². The average molecular weight is 391 g/mol. The van der Waals surface area contributed by atoms with E-state index in [1.165, 1.54) is 0 Å². The lowest BCUT2D eigenvalue weighted by Crippen LogP contribution is -2.48. The van der Waals surface area contributed by atoms with Crippen molar-refractivity contribution in [3.05, 3.63) is 11.4 Å². The van der Waals surface area contributed by atoms with Crippen LogP contribution in [0.2, 0.25) is 0 Å². The number of nitrogens with zero attached hydrogens (tertiary/aromatic N) is 4. The molecule has 0 unspecified atom stereocenters. The molecular formula is C19H29N5O4. The van der Waals surface area contributed by atoms with Crippen molar-refractivity contribution in [1.82, 2.24) is 14.7 Å². The number of aromatic nitrogens is 2. The molecule has 1 fully saturated rings. The minimum Gasteiger partial charge on any atom is -0.444 e. The second-order valence-electron chi connectivity index (χ2n) is 8.58. The highest BCUT2D eigenvalue weighted by molar-refractivity contribution is 6.43. The number of aryl methyl sites for hydroxylation is 2. The van der Waals surface area contributed by atoms with Gasteiger partial charge in [-0.15, -0.1) is 0 Å². The number of hydrogen-bond acceptors (Lipinski definition) is 6. The van der Waals surface area contributed by atoms with Crippen molar-refractivity contribution in [2.45, 2.75) is 65.1 Å². The first-order valence-corrected chi connectivity index (χ1v) is 9.54. The van der Waals surface area contributed by atoms with Crippen molar-refractivity contribution >= 4 is 23.4 Å². The first-order valence-electron chi connectivity index (χ1n) is 9.54. The lowest BCUT2D eigenvalue weighted by molar-refractivity contribution is -0.110. The Kier molecular flexibility index (Phi) is 5.12. The minimum atomic E-state index is -0.524. The summed E-state index contributed by atoms with van der Waals surface area (Å²) in [6.45, 7) is 10.3. The Bertz CT molecular complexity index is 813. The summed E-state index contributed by atoms with van der Waals surface area (Å²) in [7, 11) is 1.83. The van der Waals surface area contributed by atoms with Gasteiger partial charge < -0.3 is 19.8 Å². The van der Waals surface area contributed by atoms with Gasteiger partial charge in [-0.25, -0.2) is 4.79 Å². The largest absolute Gasteiger partial charge is 0.444 e. The van der Waals surface area contributed by atoms with Crippen LogP contribution in [-0.4, -0.2) is 56.7 Å². The summed E-state index contributed by atoms with van der Waals surface area (Å²) in [6, 6.07) is 0. The molecule has 2 aliphatic rings. The molecular weight excluding hydrogens is 362 g/mol. The molecule has 28 heavy (non-hydrogen) atoms. The molecule has 0 aliphatic carbocycles. The van der Waals surface area contributed by atoms with Crippen LogP contribution in [0.15, 0.2) is 5.16 Å². The zero-order valence-corrected chi connectivity index (χ0v) is 17.5. The quantitative estimate of drug-likeness (QED) is 0.835. The molecule has 0 bridgehead atoms. The van der Waals surface area contributed by atoms with Crippen LogP contribution in [0.3, 0.4) is 0 Å². The van der Waals surface area contributed by atoms with Crippen LogP contribution in [0, 0.1) is 13.8 Å². The Balaban J connectivity index is 1.56. The molecule has 0 atom stereocenters. The van der Waals surface area contributed by atoms with Crippen LogP contribution in [0.25, 0.3) is 0 Å². The Labute approximate surface area is 165 Å². The number of nitrogens with one attached hydrogen (secondary N) is 1. The standard InChI is InChI=1S/C19H29N5O4/c1-12-15(13(2)23(6)21-12)20-16(25)14-11-19(28-22-14)7-9-24(10-8-19)17(26)27-18(3,4)5/h7-11H2,1-6H3,(H,20,25). The number of rotatable bonds is 2. The predicted octanol–water partition coefficient (Wildman–Crippen LogP) is 2.52. The Morgan fingerprint density at radius 2 is 1.86 bits per heavy atom. The zero-order chi connectivity index (χ0) is 20.7. The minimum absolute atomic E-state index is 0.273. The van der Waals surface area contributed by atoms with Gasteiger partial charge in [-0.1, -0.05) is 5.16 Å². The third-order valence-electron chi connectivity index (χ3n) is 5.18. The van der Waals surface area contributed by atoms with Gasteiger partial charge in [-0.2, -0.15) is 5.10 Å². The monoisotopic (exact) mass is 391 g/mol. The molecule has 1 aromatic rings. The number of anilines is 1. The van der Waals surface area contributed by atoms with Crippen LogP contribution in [0.5, 0.6) is 0 Å². The maximum atomic E-state index is 12.6. The molecule has 3 rings (SSSR count). The number of hydrogen-bond donors (Lipinski definition) is 1. The smallest absolute Gasteiger partial charge is 0.410 e. The van der Waals surface area contributed by atoms with E-state index in [1.54, 1.807) is 9.58 Å².